The minimum absolute atomic E-state index is 0.116. The Bertz CT molecular complexity index is 802. The van der Waals surface area contributed by atoms with Crippen LogP contribution in [-0.4, -0.2) is 23.5 Å². The van der Waals surface area contributed by atoms with Gasteiger partial charge in [-0.3, -0.25) is 4.79 Å². The highest BCUT2D eigenvalue weighted by Crippen LogP contribution is 2.26. The molecule has 25 heavy (non-hydrogen) atoms. The maximum Gasteiger partial charge on any atom is 0.319 e. The Morgan fingerprint density at radius 3 is 2.80 bits per heavy atom. The summed E-state index contributed by atoms with van der Waals surface area (Å²) in [6, 6.07) is 6.98. The SMILES string of the molecule is Cc1nc(C)c([C@@H](C)NC(=O)Nc2cccc(N3CCCC3=O)c2)s1. The smallest absolute Gasteiger partial charge is 0.319 e. The van der Waals surface area contributed by atoms with Gasteiger partial charge in [0.25, 0.3) is 0 Å². The van der Waals surface area contributed by atoms with Crippen molar-refractivity contribution in [3.05, 3.63) is 39.8 Å². The van der Waals surface area contributed by atoms with Gasteiger partial charge in [0.05, 0.1) is 16.7 Å². The maximum absolute atomic E-state index is 12.3. The fourth-order valence-corrected chi connectivity index (χ4v) is 3.98. The van der Waals surface area contributed by atoms with E-state index >= 15 is 0 Å². The number of amides is 3. The van der Waals surface area contributed by atoms with Crippen molar-refractivity contribution in [2.75, 3.05) is 16.8 Å². The summed E-state index contributed by atoms with van der Waals surface area (Å²) in [7, 11) is 0. The van der Waals surface area contributed by atoms with E-state index in [9.17, 15) is 9.59 Å². The number of nitrogens with zero attached hydrogens (tertiary/aromatic N) is 2. The summed E-state index contributed by atoms with van der Waals surface area (Å²) < 4.78 is 0. The molecule has 1 atom stereocenters. The average molecular weight is 358 g/mol. The molecule has 1 aliphatic rings. The first-order valence-electron chi connectivity index (χ1n) is 8.36. The summed E-state index contributed by atoms with van der Waals surface area (Å²) in [5.41, 5.74) is 2.44. The Balaban J connectivity index is 1.65. The van der Waals surface area contributed by atoms with Crippen LogP contribution >= 0.6 is 11.3 Å². The molecule has 1 aliphatic heterocycles. The van der Waals surface area contributed by atoms with Gasteiger partial charge in [-0.25, -0.2) is 9.78 Å². The second kappa shape index (κ2) is 7.23. The molecule has 6 nitrogen and oxygen atoms in total. The third-order valence-electron chi connectivity index (χ3n) is 4.17. The van der Waals surface area contributed by atoms with Crippen molar-refractivity contribution in [1.29, 1.82) is 0 Å². The number of carbonyl (C=O) groups is 2. The Morgan fingerprint density at radius 1 is 1.36 bits per heavy atom. The zero-order valence-corrected chi connectivity index (χ0v) is 15.4. The molecule has 2 heterocycles. The van der Waals surface area contributed by atoms with E-state index in [1.165, 1.54) is 0 Å². The molecule has 3 rings (SSSR count). The molecule has 2 N–H and O–H groups in total. The van der Waals surface area contributed by atoms with Gasteiger partial charge < -0.3 is 15.5 Å². The molecule has 0 aliphatic carbocycles. The minimum Gasteiger partial charge on any atom is -0.330 e. The van der Waals surface area contributed by atoms with Gasteiger partial charge in [0, 0.05) is 29.2 Å². The fraction of sp³-hybridized carbons (Fsp3) is 0.389. The van der Waals surface area contributed by atoms with E-state index < -0.39 is 0 Å². The quantitative estimate of drug-likeness (QED) is 0.874. The second-order valence-corrected chi connectivity index (χ2v) is 7.44. The Hall–Kier alpha value is -2.41. The molecule has 3 amide bonds. The first kappa shape index (κ1) is 17.4. The molecule has 132 valence electrons. The molecule has 0 radical (unpaired) electrons. The van der Waals surface area contributed by atoms with Crippen LogP contribution in [-0.2, 0) is 4.79 Å². The highest BCUT2D eigenvalue weighted by Gasteiger charge is 2.22. The van der Waals surface area contributed by atoms with Crippen molar-refractivity contribution in [3.63, 3.8) is 0 Å². The molecule has 2 aromatic rings. The zero-order valence-electron chi connectivity index (χ0n) is 14.6. The van der Waals surface area contributed by atoms with E-state index in [4.69, 9.17) is 0 Å². The molecule has 0 unspecified atom stereocenters. The molecule has 7 heteroatoms. The van der Waals surface area contributed by atoms with E-state index in [1.807, 2.05) is 45.0 Å². The summed E-state index contributed by atoms with van der Waals surface area (Å²) in [6.45, 7) is 6.58. The van der Waals surface area contributed by atoms with Gasteiger partial charge in [-0.15, -0.1) is 11.3 Å². The molecule has 1 aromatic carbocycles. The van der Waals surface area contributed by atoms with E-state index in [-0.39, 0.29) is 18.0 Å². The molecule has 1 fully saturated rings. The number of aromatic nitrogens is 1. The summed E-state index contributed by atoms with van der Waals surface area (Å²) in [5.74, 6) is 0.131. The van der Waals surface area contributed by atoms with Gasteiger partial charge in [0.2, 0.25) is 5.91 Å². The lowest BCUT2D eigenvalue weighted by Gasteiger charge is -2.18. The number of rotatable bonds is 4. The lowest BCUT2D eigenvalue weighted by atomic mass is 10.2. The monoisotopic (exact) mass is 358 g/mol. The van der Waals surface area contributed by atoms with E-state index in [0.29, 0.717) is 12.1 Å². The summed E-state index contributed by atoms with van der Waals surface area (Å²) in [5, 5.41) is 6.77. The molecular formula is C18H22N4O2S. The summed E-state index contributed by atoms with van der Waals surface area (Å²) >= 11 is 1.59. The number of thiazole rings is 1. The molecule has 1 aromatic heterocycles. The van der Waals surface area contributed by atoms with Crippen molar-refractivity contribution >= 4 is 34.6 Å². The largest absolute Gasteiger partial charge is 0.330 e. The molecule has 1 saturated heterocycles. The number of anilines is 2. The van der Waals surface area contributed by atoms with Crippen molar-refractivity contribution in [2.45, 2.75) is 39.7 Å². The van der Waals surface area contributed by atoms with E-state index in [2.05, 4.69) is 15.6 Å². The Morgan fingerprint density at radius 2 is 2.16 bits per heavy atom. The predicted molar refractivity (Wildman–Crippen MR) is 100 cm³/mol. The molecular weight excluding hydrogens is 336 g/mol. The van der Waals surface area contributed by atoms with Crippen LogP contribution in [0.15, 0.2) is 24.3 Å². The summed E-state index contributed by atoms with van der Waals surface area (Å²) in [6.07, 6.45) is 1.46. The van der Waals surface area contributed by atoms with Gasteiger partial charge in [-0.2, -0.15) is 0 Å². The van der Waals surface area contributed by atoms with Crippen LogP contribution in [0.4, 0.5) is 16.2 Å². The van der Waals surface area contributed by atoms with Crippen LogP contribution in [0.25, 0.3) is 0 Å². The number of benzene rings is 1. The number of urea groups is 1. The van der Waals surface area contributed by atoms with Gasteiger partial charge in [-0.05, 0) is 45.4 Å². The first-order valence-corrected chi connectivity index (χ1v) is 9.17. The third kappa shape index (κ3) is 3.99. The third-order valence-corrected chi connectivity index (χ3v) is 5.42. The Kier molecular flexibility index (Phi) is 5.03. The normalized spacial score (nSPS) is 15.3. The topological polar surface area (TPSA) is 74.3 Å². The predicted octanol–water partition coefficient (Wildman–Crippen LogP) is 3.77. The first-order chi connectivity index (χ1) is 11.9. The van der Waals surface area contributed by atoms with Crippen molar-refractivity contribution < 1.29 is 9.59 Å². The average Bonchev–Trinajstić information content (AvgIpc) is 3.12. The standard InChI is InChI=1S/C18H22N4O2S/c1-11-17(25-13(3)19-11)12(2)20-18(24)21-14-6-4-7-15(10-14)22-9-5-8-16(22)23/h4,6-7,10,12H,5,8-9H2,1-3H3,(H2,20,21,24)/t12-/m1/s1. The molecule has 0 spiro atoms. The second-order valence-electron chi connectivity index (χ2n) is 6.20. The van der Waals surface area contributed by atoms with Crippen LogP contribution in [0.2, 0.25) is 0 Å². The highest BCUT2D eigenvalue weighted by molar-refractivity contribution is 7.11. The van der Waals surface area contributed by atoms with Crippen LogP contribution in [0.1, 0.15) is 41.4 Å². The number of aryl methyl sites for hydroxylation is 2. The van der Waals surface area contributed by atoms with Crippen molar-refractivity contribution in [3.8, 4) is 0 Å². The lowest BCUT2D eigenvalue weighted by Crippen LogP contribution is -2.31. The van der Waals surface area contributed by atoms with Crippen LogP contribution < -0.4 is 15.5 Å². The van der Waals surface area contributed by atoms with E-state index in [0.717, 1.165) is 34.2 Å². The van der Waals surface area contributed by atoms with Crippen molar-refractivity contribution in [1.82, 2.24) is 10.3 Å². The van der Waals surface area contributed by atoms with Gasteiger partial charge in [-0.1, -0.05) is 6.07 Å². The van der Waals surface area contributed by atoms with Gasteiger partial charge in [0.1, 0.15) is 0 Å². The van der Waals surface area contributed by atoms with Gasteiger partial charge in [0.15, 0.2) is 0 Å². The van der Waals surface area contributed by atoms with Crippen LogP contribution in [0, 0.1) is 13.8 Å². The molecule has 0 bridgehead atoms. The maximum atomic E-state index is 12.3. The number of carbonyl (C=O) groups excluding carboxylic acids is 2. The van der Waals surface area contributed by atoms with Crippen molar-refractivity contribution in [2.24, 2.45) is 0 Å². The zero-order chi connectivity index (χ0) is 18.0. The van der Waals surface area contributed by atoms with E-state index in [1.54, 1.807) is 16.2 Å². The van der Waals surface area contributed by atoms with Gasteiger partial charge >= 0.3 is 6.03 Å². The molecule has 0 saturated carbocycles. The summed E-state index contributed by atoms with van der Waals surface area (Å²) in [4.78, 5) is 31.4. The lowest BCUT2D eigenvalue weighted by molar-refractivity contribution is -0.117. The number of hydrogen-bond acceptors (Lipinski definition) is 4. The fourth-order valence-electron chi connectivity index (χ4n) is 3.05. The number of nitrogens with one attached hydrogen (secondary N) is 2. The number of hydrogen-bond donors (Lipinski definition) is 2. The van der Waals surface area contributed by atoms with Crippen LogP contribution in [0.3, 0.4) is 0 Å². The highest BCUT2D eigenvalue weighted by atomic mass is 32.1. The Labute approximate surface area is 151 Å². The van der Waals surface area contributed by atoms with Crippen LogP contribution in [0.5, 0.6) is 0 Å². The minimum atomic E-state index is -0.275.